The Morgan fingerprint density at radius 1 is 1.12 bits per heavy atom. The summed E-state index contributed by atoms with van der Waals surface area (Å²) in [6.45, 7) is 8.95. The lowest BCUT2D eigenvalue weighted by Gasteiger charge is -2.30. The summed E-state index contributed by atoms with van der Waals surface area (Å²) in [5.74, 6) is -1.04. The van der Waals surface area contributed by atoms with E-state index < -0.39 is 33.4 Å². The van der Waals surface area contributed by atoms with Crippen LogP contribution in [-0.2, 0) is 21.2 Å². The highest BCUT2D eigenvalue weighted by molar-refractivity contribution is 7.90. The van der Waals surface area contributed by atoms with Crippen LogP contribution in [0.3, 0.4) is 0 Å². The lowest BCUT2D eigenvalue weighted by molar-refractivity contribution is 0.0484. The van der Waals surface area contributed by atoms with Crippen LogP contribution < -0.4 is 5.32 Å². The largest absolute Gasteiger partial charge is 0.444 e. The normalized spacial score (nSPS) is 17.7. The van der Waals surface area contributed by atoms with Gasteiger partial charge in [-0.2, -0.15) is 0 Å². The molecule has 3 heterocycles. The summed E-state index contributed by atoms with van der Waals surface area (Å²) in [5, 5.41) is 3.19. The maximum Gasteiger partial charge on any atom is 0.407 e. The second-order valence-electron chi connectivity index (χ2n) is 12.3. The number of carbonyl (C=O) groups excluding carboxylic acids is 1. The average Bonchev–Trinajstić information content (AvgIpc) is 3.29. The minimum atomic E-state index is -4.08. The molecule has 43 heavy (non-hydrogen) atoms. The van der Waals surface area contributed by atoms with Gasteiger partial charge in [0.15, 0.2) is 5.65 Å². The van der Waals surface area contributed by atoms with Crippen LogP contribution in [0, 0.1) is 31.4 Å². The Morgan fingerprint density at radius 2 is 1.84 bits per heavy atom. The van der Waals surface area contributed by atoms with Gasteiger partial charge in [0, 0.05) is 23.2 Å². The van der Waals surface area contributed by atoms with Gasteiger partial charge in [-0.3, -0.25) is 0 Å². The third-order valence-electron chi connectivity index (χ3n) is 7.64. The fraction of sp³-hybridized carbons (Fsp3) is 0.406. The fourth-order valence-corrected chi connectivity index (χ4v) is 6.96. The minimum Gasteiger partial charge on any atom is -0.444 e. The van der Waals surface area contributed by atoms with Crippen LogP contribution in [0.4, 0.5) is 13.6 Å². The molecule has 1 N–H and O–H groups in total. The number of fused-ring (bicyclic) bond motifs is 1. The number of alkyl carbamates (subject to hydrolysis) is 1. The Labute approximate surface area is 250 Å². The van der Waals surface area contributed by atoms with Crippen LogP contribution in [-0.4, -0.2) is 40.1 Å². The highest BCUT2D eigenvalue weighted by Gasteiger charge is 2.28. The van der Waals surface area contributed by atoms with Gasteiger partial charge in [0.1, 0.15) is 17.2 Å². The standard InChI is InChI=1S/C32H36F2N4O4S/c1-19-9-11-24(12-10-19)43(40,41)38-18-26(25-16-22(33)17-35-30(25)38)29-20(2)13-27(34)28(37-29)15-21-7-6-8-23(14-21)36-31(39)42-32(3,4)5/h9-13,16-18,21,23H,6-8,14-15H2,1-5H3,(H,36,39)/t21?,23-/m1/s1. The Morgan fingerprint density at radius 3 is 2.53 bits per heavy atom. The van der Waals surface area contributed by atoms with Gasteiger partial charge in [-0.05, 0) is 96.0 Å². The first-order valence-corrected chi connectivity index (χ1v) is 15.8. The average molecular weight is 611 g/mol. The molecule has 1 saturated carbocycles. The molecule has 1 unspecified atom stereocenters. The number of halogens is 2. The van der Waals surface area contributed by atoms with Gasteiger partial charge in [-0.15, -0.1) is 0 Å². The quantitative estimate of drug-likeness (QED) is 0.256. The number of carbonyl (C=O) groups is 1. The molecule has 0 saturated heterocycles. The van der Waals surface area contributed by atoms with E-state index in [0.29, 0.717) is 29.7 Å². The van der Waals surface area contributed by atoms with Crippen LogP contribution in [0.25, 0.3) is 22.3 Å². The van der Waals surface area contributed by atoms with E-state index in [-0.39, 0.29) is 33.6 Å². The van der Waals surface area contributed by atoms with E-state index >= 15 is 4.39 Å². The third-order valence-corrected chi connectivity index (χ3v) is 9.30. The van der Waals surface area contributed by atoms with E-state index in [0.717, 1.165) is 35.0 Å². The zero-order valence-electron chi connectivity index (χ0n) is 24.9. The van der Waals surface area contributed by atoms with Crippen molar-refractivity contribution in [3.8, 4) is 11.3 Å². The maximum absolute atomic E-state index is 15.3. The van der Waals surface area contributed by atoms with Crippen LogP contribution in [0.1, 0.15) is 63.3 Å². The molecule has 5 rings (SSSR count). The molecule has 0 bridgehead atoms. The lowest BCUT2D eigenvalue weighted by Crippen LogP contribution is -2.41. The first-order valence-electron chi connectivity index (χ1n) is 14.4. The van der Waals surface area contributed by atoms with Crippen molar-refractivity contribution in [3.05, 3.63) is 77.2 Å². The summed E-state index contributed by atoms with van der Waals surface area (Å²) in [7, 11) is -4.08. The molecule has 8 nitrogen and oxygen atoms in total. The molecule has 1 amide bonds. The van der Waals surface area contributed by atoms with E-state index in [1.165, 1.54) is 30.5 Å². The zero-order chi connectivity index (χ0) is 31.1. The molecule has 0 spiro atoms. The molecular weight excluding hydrogens is 574 g/mol. The Hall–Kier alpha value is -3.86. The predicted octanol–water partition coefficient (Wildman–Crippen LogP) is 6.86. The molecule has 0 aliphatic heterocycles. The molecule has 0 radical (unpaired) electrons. The van der Waals surface area contributed by atoms with Crippen molar-refractivity contribution in [3.63, 3.8) is 0 Å². The number of amides is 1. The Balaban J connectivity index is 1.48. The van der Waals surface area contributed by atoms with E-state index in [1.807, 2.05) is 6.92 Å². The molecular formula is C32H36F2N4O4S. The van der Waals surface area contributed by atoms with Crippen LogP contribution in [0.5, 0.6) is 0 Å². The molecule has 2 atom stereocenters. The third kappa shape index (κ3) is 6.71. The van der Waals surface area contributed by atoms with Gasteiger partial charge in [-0.1, -0.05) is 24.1 Å². The van der Waals surface area contributed by atoms with Gasteiger partial charge < -0.3 is 10.1 Å². The lowest BCUT2D eigenvalue weighted by atomic mass is 9.83. The summed E-state index contributed by atoms with van der Waals surface area (Å²) in [6.07, 6.45) is 5.36. The Kier molecular flexibility index (Phi) is 8.30. The number of rotatable bonds is 6. The summed E-state index contributed by atoms with van der Waals surface area (Å²) < 4.78 is 63.5. The Bertz CT molecular complexity index is 1780. The smallest absolute Gasteiger partial charge is 0.407 e. The van der Waals surface area contributed by atoms with Crippen molar-refractivity contribution in [2.24, 2.45) is 5.92 Å². The molecule has 4 aromatic rings. The number of nitrogens with zero attached hydrogens (tertiary/aromatic N) is 3. The molecule has 1 aliphatic rings. The number of nitrogens with one attached hydrogen (secondary N) is 1. The topological polar surface area (TPSA) is 103 Å². The highest BCUT2D eigenvalue weighted by atomic mass is 32.2. The van der Waals surface area contributed by atoms with E-state index in [9.17, 15) is 17.6 Å². The van der Waals surface area contributed by atoms with Crippen LogP contribution in [0.15, 0.2) is 53.7 Å². The number of pyridine rings is 2. The van der Waals surface area contributed by atoms with Crippen LogP contribution in [0.2, 0.25) is 0 Å². The van der Waals surface area contributed by atoms with Gasteiger partial charge in [0.2, 0.25) is 0 Å². The predicted molar refractivity (Wildman–Crippen MR) is 160 cm³/mol. The number of aryl methyl sites for hydroxylation is 2. The number of aromatic nitrogens is 3. The second-order valence-corrected chi connectivity index (χ2v) is 14.2. The molecule has 11 heteroatoms. The summed E-state index contributed by atoms with van der Waals surface area (Å²) in [5.41, 5.74) is 1.74. The second kappa shape index (κ2) is 11.7. The van der Waals surface area contributed by atoms with Gasteiger partial charge in [-0.25, -0.2) is 35.9 Å². The summed E-state index contributed by atoms with van der Waals surface area (Å²) >= 11 is 0. The molecule has 1 aromatic carbocycles. The highest BCUT2D eigenvalue weighted by Crippen LogP contribution is 2.35. The van der Waals surface area contributed by atoms with Crippen molar-refractivity contribution in [2.45, 2.75) is 83.3 Å². The van der Waals surface area contributed by atoms with Gasteiger partial charge >= 0.3 is 6.09 Å². The van der Waals surface area contributed by atoms with E-state index in [1.54, 1.807) is 39.8 Å². The van der Waals surface area contributed by atoms with Gasteiger partial charge in [0.05, 0.1) is 22.5 Å². The van der Waals surface area contributed by atoms with Crippen molar-refractivity contribution in [1.29, 1.82) is 0 Å². The van der Waals surface area contributed by atoms with Crippen molar-refractivity contribution >= 4 is 27.1 Å². The summed E-state index contributed by atoms with van der Waals surface area (Å²) in [6, 6.07) is 8.91. The van der Waals surface area contributed by atoms with E-state index in [4.69, 9.17) is 4.74 Å². The van der Waals surface area contributed by atoms with Gasteiger partial charge in [0.25, 0.3) is 10.0 Å². The summed E-state index contributed by atoms with van der Waals surface area (Å²) in [4.78, 5) is 21.2. The molecule has 3 aromatic heterocycles. The SMILES string of the molecule is Cc1ccc(S(=O)(=O)n2cc(-c3nc(CC4CCC[C@@H](NC(=O)OC(C)(C)C)C4)c(F)cc3C)c3cc(F)cnc32)cc1. The van der Waals surface area contributed by atoms with Crippen molar-refractivity contribution < 1.29 is 26.7 Å². The zero-order valence-corrected chi connectivity index (χ0v) is 25.8. The molecule has 1 aliphatic carbocycles. The van der Waals surface area contributed by atoms with Crippen LogP contribution >= 0.6 is 0 Å². The monoisotopic (exact) mass is 610 g/mol. The molecule has 1 fully saturated rings. The maximum atomic E-state index is 15.3. The number of benzene rings is 1. The number of ether oxygens (including phenoxy) is 1. The van der Waals surface area contributed by atoms with Crippen molar-refractivity contribution in [1.82, 2.24) is 19.3 Å². The van der Waals surface area contributed by atoms with Crippen molar-refractivity contribution in [2.75, 3.05) is 0 Å². The fourth-order valence-electron chi connectivity index (χ4n) is 5.64. The minimum absolute atomic E-state index is 0.0485. The molecule has 228 valence electrons. The van der Waals surface area contributed by atoms with E-state index in [2.05, 4.69) is 15.3 Å². The first kappa shape index (κ1) is 30.6. The number of hydrogen-bond donors (Lipinski definition) is 1. The number of hydrogen-bond acceptors (Lipinski definition) is 6. The first-order chi connectivity index (χ1) is 20.2.